The Labute approximate surface area is 210 Å². The number of aryl methyl sites for hydroxylation is 1. The molecule has 0 spiro atoms. The number of ether oxygens (including phenoxy) is 1. The van der Waals surface area contributed by atoms with Crippen LogP contribution < -0.4 is 5.32 Å². The molecule has 1 aromatic carbocycles. The van der Waals surface area contributed by atoms with Gasteiger partial charge in [0.1, 0.15) is 16.3 Å². The number of alkyl halides is 3. The molecular weight excluding hydrogens is 493 g/mol. The Morgan fingerprint density at radius 2 is 1.92 bits per heavy atom. The summed E-state index contributed by atoms with van der Waals surface area (Å²) in [7, 11) is 0. The molecule has 0 atom stereocenters. The van der Waals surface area contributed by atoms with E-state index in [1.807, 2.05) is 19.9 Å². The molecule has 1 aliphatic carbocycles. The average molecular weight is 521 g/mol. The molecule has 36 heavy (non-hydrogen) atoms. The molecule has 4 rings (SSSR count). The number of hydrogen-bond acceptors (Lipinski definition) is 8. The van der Waals surface area contributed by atoms with Crippen LogP contribution >= 0.6 is 11.3 Å². The molecule has 2 N–H and O–H groups in total. The Morgan fingerprint density at radius 1 is 1.19 bits per heavy atom. The van der Waals surface area contributed by atoms with Gasteiger partial charge in [0.25, 0.3) is 0 Å². The smallest absolute Gasteiger partial charge is 0.433 e. The summed E-state index contributed by atoms with van der Waals surface area (Å²) in [6.07, 6.45) is -0.0626. The molecule has 0 amide bonds. The molecule has 2 aromatic heterocycles. The van der Waals surface area contributed by atoms with Gasteiger partial charge in [-0.25, -0.2) is 15.0 Å². The molecule has 0 bridgehead atoms. The van der Waals surface area contributed by atoms with E-state index in [1.165, 1.54) is 11.3 Å². The molecule has 0 radical (unpaired) electrons. The first-order valence-corrected chi connectivity index (χ1v) is 12.4. The predicted octanol–water partition coefficient (Wildman–Crippen LogP) is 6.00. The van der Waals surface area contributed by atoms with E-state index >= 15 is 0 Å². The minimum absolute atomic E-state index is 0.160. The van der Waals surface area contributed by atoms with Crippen LogP contribution in [-0.2, 0) is 21.3 Å². The summed E-state index contributed by atoms with van der Waals surface area (Å²) in [4.78, 5) is 25.1. The van der Waals surface area contributed by atoms with Gasteiger partial charge in [0.2, 0.25) is 5.95 Å². The van der Waals surface area contributed by atoms with Gasteiger partial charge in [-0.15, -0.1) is 11.3 Å². The van der Waals surface area contributed by atoms with E-state index in [4.69, 9.17) is 4.74 Å². The molecule has 2 heterocycles. The van der Waals surface area contributed by atoms with Crippen LogP contribution in [0.2, 0.25) is 0 Å². The Balaban J connectivity index is 1.53. The summed E-state index contributed by atoms with van der Waals surface area (Å²) in [6.45, 7) is 5.83. The Kier molecular flexibility index (Phi) is 7.07. The van der Waals surface area contributed by atoms with Gasteiger partial charge >= 0.3 is 12.1 Å². The van der Waals surface area contributed by atoms with E-state index in [-0.39, 0.29) is 11.9 Å². The second-order valence-electron chi connectivity index (χ2n) is 9.32. The Bertz CT molecular complexity index is 1250. The fourth-order valence-electron chi connectivity index (χ4n) is 4.26. The van der Waals surface area contributed by atoms with Crippen molar-refractivity contribution in [3.63, 3.8) is 0 Å². The molecule has 192 valence electrons. The number of hydrogen-bond donors (Lipinski definition) is 2. The van der Waals surface area contributed by atoms with Gasteiger partial charge in [-0.1, -0.05) is 6.07 Å². The lowest BCUT2D eigenvalue weighted by molar-refractivity contribution is -0.160. The summed E-state index contributed by atoms with van der Waals surface area (Å²) in [5, 5.41) is 14.7. The van der Waals surface area contributed by atoms with Crippen LogP contribution in [0.3, 0.4) is 0 Å². The number of rotatable bonds is 6. The van der Waals surface area contributed by atoms with Crippen LogP contribution in [0.4, 0.5) is 24.8 Å². The number of thiazole rings is 1. The summed E-state index contributed by atoms with van der Waals surface area (Å²) in [5.41, 5.74) is -0.584. The van der Waals surface area contributed by atoms with Crippen molar-refractivity contribution in [3.05, 3.63) is 52.9 Å². The molecular formula is C25H27F3N4O3S. The molecule has 0 aliphatic heterocycles. The number of carbonyl (C=O) groups is 1. The van der Waals surface area contributed by atoms with E-state index in [0.717, 1.165) is 28.3 Å². The van der Waals surface area contributed by atoms with E-state index in [9.17, 15) is 23.1 Å². The van der Waals surface area contributed by atoms with Crippen molar-refractivity contribution in [3.8, 4) is 10.4 Å². The van der Waals surface area contributed by atoms with Crippen LogP contribution in [0.5, 0.6) is 0 Å². The highest BCUT2D eigenvalue weighted by Crippen LogP contribution is 2.47. The van der Waals surface area contributed by atoms with Gasteiger partial charge in [-0.2, -0.15) is 13.2 Å². The lowest BCUT2D eigenvalue weighted by atomic mass is 9.70. The maximum Gasteiger partial charge on any atom is 0.433 e. The van der Waals surface area contributed by atoms with Crippen molar-refractivity contribution in [2.45, 2.75) is 58.2 Å². The predicted molar refractivity (Wildman–Crippen MR) is 130 cm³/mol. The van der Waals surface area contributed by atoms with Crippen molar-refractivity contribution < 1.29 is 27.8 Å². The zero-order valence-corrected chi connectivity index (χ0v) is 21.0. The molecule has 1 fully saturated rings. The Morgan fingerprint density at radius 3 is 2.58 bits per heavy atom. The number of aromatic nitrogens is 3. The van der Waals surface area contributed by atoms with Crippen LogP contribution in [0.25, 0.3) is 10.4 Å². The van der Waals surface area contributed by atoms with Gasteiger partial charge in [0, 0.05) is 18.1 Å². The fourth-order valence-corrected chi connectivity index (χ4v) is 5.31. The number of nitrogens with zero attached hydrogens (tertiary/aromatic N) is 3. The van der Waals surface area contributed by atoms with Crippen molar-refractivity contribution in [2.75, 3.05) is 11.9 Å². The van der Waals surface area contributed by atoms with Crippen molar-refractivity contribution in [1.82, 2.24) is 15.0 Å². The number of nitrogens with one attached hydrogen (secondary N) is 1. The topological polar surface area (TPSA) is 97.2 Å². The zero-order chi connectivity index (χ0) is 26.1. The highest BCUT2D eigenvalue weighted by atomic mass is 32.1. The first-order valence-electron chi connectivity index (χ1n) is 11.6. The molecule has 0 unspecified atom stereocenters. The summed E-state index contributed by atoms with van der Waals surface area (Å²) < 4.78 is 44.2. The van der Waals surface area contributed by atoms with Crippen molar-refractivity contribution >= 4 is 28.9 Å². The van der Waals surface area contributed by atoms with Gasteiger partial charge in [0.15, 0.2) is 0 Å². The Hall–Kier alpha value is -3.05. The third-order valence-corrected chi connectivity index (χ3v) is 7.66. The first kappa shape index (κ1) is 26.0. The standard InChI is InChI=1S/C25H27F3N4O3S/c1-4-35-21(33)23(3)6-8-24(34,9-7-23)20-30-14-18(36-20)16-11-15(2)12-17(13-16)31-22-29-10-5-19(32-22)25(26,27)28/h5,10-14,34H,4,6-9H2,1-3H3,(H,29,31,32). The second kappa shape index (κ2) is 9.78. The summed E-state index contributed by atoms with van der Waals surface area (Å²) >= 11 is 1.35. The van der Waals surface area contributed by atoms with Crippen LogP contribution in [-0.4, -0.2) is 32.6 Å². The number of halogens is 3. The molecule has 3 aromatic rings. The molecule has 1 aliphatic rings. The number of benzene rings is 1. The number of aliphatic hydroxyl groups is 1. The lowest BCUT2D eigenvalue weighted by Crippen LogP contribution is -2.40. The van der Waals surface area contributed by atoms with E-state index in [1.54, 1.807) is 25.3 Å². The molecule has 11 heteroatoms. The largest absolute Gasteiger partial charge is 0.466 e. The van der Waals surface area contributed by atoms with E-state index < -0.39 is 22.9 Å². The maximum absolute atomic E-state index is 13.0. The summed E-state index contributed by atoms with van der Waals surface area (Å²) in [5.74, 6) is -0.399. The highest BCUT2D eigenvalue weighted by Gasteiger charge is 2.46. The fraction of sp³-hybridized carbons (Fsp3) is 0.440. The van der Waals surface area contributed by atoms with E-state index in [0.29, 0.717) is 43.0 Å². The quantitative estimate of drug-likeness (QED) is 0.385. The second-order valence-corrected chi connectivity index (χ2v) is 10.3. The lowest BCUT2D eigenvalue weighted by Gasteiger charge is -2.39. The maximum atomic E-state index is 13.0. The average Bonchev–Trinajstić information content (AvgIpc) is 3.32. The van der Waals surface area contributed by atoms with Crippen LogP contribution in [0.15, 0.2) is 36.7 Å². The van der Waals surface area contributed by atoms with Gasteiger partial charge in [-0.05, 0) is 75.8 Å². The van der Waals surface area contributed by atoms with Crippen molar-refractivity contribution in [2.24, 2.45) is 5.41 Å². The number of anilines is 2. The SMILES string of the molecule is CCOC(=O)C1(C)CCC(O)(c2ncc(-c3cc(C)cc(Nc4nccc(C(F)(F)F)n4)c3)s2)CC1. The normalized spacial score (nSPS) is 22.3. The van der Waals surface area contributed by atoms with Crippen LogP contribution in [0.1, 0.15) is 55.8 Å². The zero-order valence-electron chi connectivity index (χ0n) is 20.1. The minimum Gasteiger partial charge on any atom is -0.466 e. The monoisotopic (exact) mass is 520 g/mol. The molecule has 7 nitrogen and oxygen atoms in total. The van der Waals surface area contributed by atoms with Crippen LogP contribution in [0, 0.1) is 12.3 Å². The number of esters is 1. The summed E-state index contributed by atoms with van der Waals surface area (Å²) in [6, 6.07) is 6.30. The minimum atomic E-state index is -4.57. The first-order chi connectivity index (χ1) is 16.9. The molecule has 1 saturated carbocycles. The van der Waals surface area contributed by atoms with Gasteiger partial charge in [0.05, 0.1) is 16.9 Å². The number of carbonyl (C=O) groups excluding carboxylic acids is 1. The van der Waals surface area contributed by atoms with Crippen molar-refractivity contribution in [1.29, 1.82) is 0 Å². The van der Waals surface area contributed by atoms with Gasteiger partial charge < -0.3 is 15.2 Å². The van der Waals surface area contributed by atoms with E-state index in [2.05, 4.69) is 20.3 Å². The molecule has 0 saturated heterocycles. The third kappa shape index (κ3) is 5.52. The van der Waals surface area contributed by atoms with Gasteiger partial charge in [-0.3, -0.25) is 4.79 Å². The third-order valence-electron chi connectivity index (χ3n) is 6.42. The highest BCUT2D eigenvalue weighted by molar-refractivity contribution is 7.15.